The molecule has 25 heavy (non-hydrogen) atoms. The Morgan fingerprint density at radius 3 is 2.16 bits per heavy atom. The fourth-order valence-electron chi connectivity index (χ4n) is 3.87. The number of halogens is 1. The van der Waals surface area contributed by atoms with E-state index in [-0.39, 0.29) is 35.1 Å². The van der Waals surface area contributed by atoms with Crippen LogP contribution >= 0.6 is 24.0 Å². The summed E-state index contributed by atoms with van der Waals surface area (Å²) in [5.74, 6) is 0.959. The molecule has 0 bridgehead atoms. The highest BCUT2D eigenvalue weighted by molar-refractivity contribution is 14.0. The smallest absolute Gasteiger partial charge is 0.191 e. The third-order valence-corrected chi connectivity index (χ3v) is 5.31. The maximum absolute atomic E-state index is 5.03. The van der Waals surface area contributed by atoms with Crippen LogP contribution in [0, 0.1) is 0 Å². The molecule has 5 nitrogen and oxygen atoms in total. The number of nitrogens with zero attached hydrogens (tertiary/aromatic N) is 3. The number of rotatable bonds is 4. The highest BCUT2D eigenvalue weighted by Gasteiger charge is 2.39. The Balaban J connectivity index is 0.00000312. The van der Waals surface area contributed by atoms with Gasteiger partial charge in [-0.3, -0.25) is 9.89 Å². The van der Waals surface area contributed by atoms with E-state index >= 15 is 0 Å². The Bertz CT molecular complexity index is 405. The molecule has 2 heterocycles. The van der Waals surface area contributed by atoms with Gasteiger partial charge in [-0.25, -0.2) is 0 Å². The van der Waals surface area contributed by atoms with Crippen LogP contribution in [0.2, 0.25) is 0 Å². The van der Waals surface area contributed by atoms with E-state index in [9.17, 15) is 0 Å². The average molecular weight is 465 g/mol. The van der Waals surface area contributed by atoms with Crippen molar-refractivity contribution in [1.29, 1.82) is 0 Å². The van der Waals surface area contributed by atoms with Crippen molar-refractivity contribution in [3.8, 4) is 0 Å². The summed E-state index contributed by atoms with van der Waals surface area (Å²) >= 11 is 0. The van der Waals surface area contributed by atoms with Crippen LogP contribution in [0.5, 0.6) is 0 Å². The topological polar surface area (TPSA) is 42.9 Å². The van der Waals surface area contributed by atoms with Crippen LogP contribution in [0.15, 0.2) is 4.99 Å². The maximum Gasteiger partial charge on any atom is 0.191 e. The molecule has 0 aliphatic carbocycles. The van der Waals surface area contributed by atoms with Crippen molar-refractivity contribution in [2.45, 2.75) is 70.9 Å². The van der Waals surface area contributed by atoms with Crippen LogP contribution in [0.25, 0.3) is 0 Å². The molecule has 6 heteroatoms. The van der Waals surface area contributed by atoms with Gasteiger partial charge in [0.25, 0.3) is 0 Å². The van der Waals surface area contributed by atoms with Gasteiger partial charge in [-0.05, 0) is 86.6 Å². The van der Waals surface area contributed by atoms with Crippen molar-refractivity contribution in [3.63, 3.8) is 0 Å². The average Bonchev–Trinajstić information content (AvgIpc) is 2.54. The molecule has 0 aromatic carbocycles. The van der Waals surface area contributed by atoms with E-state index in [2.05, 4.69) is 55.2 Å². The minimum Gasteiger partial charge on any atom is -0.357 e. The summed E-state index contributed by atoms with van der Waals surface area (Å²) in [5.41, 5.74) is 0.291. The SMILES string of the molecule is CCNC(=NCC1(N2CCCCC2)CCN(C)CC1)NC(C)(C)C.I. The Morgan fingerprint density at radius 2 is 1.64 bits per heavy atom. The number of hydrogen-bond acceptors (Lipinski definition) is 3. The highest BCUT2D eigenvalue weighted by Crippen LogP contribution is 2.31. The first-order chi connectivity index (χ1) is 11.3. The van der Waals surface area contributed by atoms with E-state index in [1.54, 1.807) is 0 Å². The summed E-state index contributed by atoms with van der Waals surface area (Å²) in [6.07, 6.45) is 6.57. The number of piperidine rings is 2. The van der Waals surface area contributed by atoms with Gasteiger partial charge in [-0.15, -0.1) is 24.0 Å². The van der Waals surface area contributed by atoms with Crippen LogP contribution < -0.4 is 10.6 Å². The van der Waals surface area contributed by atoms with Gasteiger partial charge in [0.05, 0.1) is 6.54 Å². The van der Waals surface area contributed by atoms with Crippen LogP contribution in [-0.4, -0.2) is 73.2 Å². The van der Waals surface area contributed by atoms with Crippen LogP contribution in [0.3, 0.4) is 0 Å². The number of aliphatic imine (C=N–C) groups is 1. The molecule has 0 atom stereocenters. The molecule has 0 unspecified atom stereocenters. The van der Waals surface area contributed by atoms with Crippen LogP contribution in [-0.2, 0) is 0 Å². The molecule has 2 N–H and O–H groups in total. The van der Waals surface area contributed by atoms with Crippen molar-refractivity contribution in [2.24, 2.45) is 4.99 Å². The number of likely N-dealkylation sites (tertiary alicyclic amines) is 2. The minimum absolute atomic E-state index is 0. The minimum atomic E-state index is 0. The van der Waals surface area contributed by atoms with Gasteiger partial charge in [-0.2, -0.15) is 0 Å². The largest absolute Gasteiger partial charge is 0.357 e. The summed E-state index contributed by atoms with van der Waals surface area (Å²) in [5, 5.41) is 6.95. The highest BCUT2D eigenvalue weighted by atomic mass is 127. The van der Waals surface area contributed by atoms with Crippen molar-refractivity contribution < 1.29 is 0 Å². The van der Waals surface area contributed by atoms with E-state index in [0.29, 0.717) is 0 Å². The van der Waals surface area contributed by atoms with E-state index in [4.69, 9.17) is 4.99 Å². The lowest BCUT2D eigenvalue weighted by Crippen LogP contribution is -2.58. The fraction of sp³-hybridized carbons (Fsp3) is 0.947. The van der Waals surface area contributed by atoms with Gasteiger partial charge in [0.1, 0.15) is 0 Å². The normalized spacial score (nSPS) is 23.0. The van der Waals surface area contributed by atoms with E-state index in [1.807, 2.05) is 0 Å². The number of nitrogens with one attached hydrogen (secondary N) is 2. The molecule has 0 amide bonds. The lowest BCUT2D eigenvalue weighted by Gasteiger charge is -2.49. The lowest BCUT2D eigenvalue weighted by molar-refractivity contribution is 0.0208. The molecule has 2 aliphatic heterocycles. The van der Waals surface area contributed by atoms with Gasteiger partial charge < -0.3 is 15.5 Å². The molecule has 2 saturated heterocycles. The van der Waals surface area contributed by atoms with Crippen molar-refractivity contribution >= 4 is 29.9 Å². The molecule has 0 spiro atoms. The third-order valence-electron chi connectivity index (χ3n) is 5.31. The Hall–Kier alpha value is -0.0800. The first kappa shape index (κ1) is 23.0. The van der Waals surface area contributed by atoms with Gasteiger partial charge >= 0.3 is 0 Å². The number of guanidine groups is 1. The van der Waals surface area contributed by atoms with Crippen molar-refractivity contribution in [3.05, 3.63) is 0 Å². The van der Waals surface area contributed by atoms with E-state index in [0.717, 1.165) is 19.0 Å². The second kappa shape index (κ2) is 10.3. The zero-order chi connectivity index (χ0) is 17.6. The molecule has 2 rings (SSSR count). The fourth-order valence-corrected chi connectivity index (χ4v) is 3.87. The van der Waals surface area contributed by atoms with Crippen molar-refractivity contribution in [1.82, 2.24) is 20.4 Å². The Labute approximate surface area is 172 Å². The monoisotopic (exact) mass is 465 g/mol. The summed E-state index contributed by atoms with van der Waals surface area (Å²) in [6, 6.07) is 0. The Kier molecular flexibility index (Phi) is 9.46. The first-order valence-electron chi connectivity index (χ1n) is 9.85. The first-order valence-corrected chi connectivity index (χ1v) is 9.85. The molecule has 0 saturated carbocycles. The molecule has 2 fully saturated rings. The quantitative estimate of drug-likeness (QED) is 0.381. The molecule has 0 radical (unpaired) electrons. The van der Waals surface area contributed by atoms with E-state index < -0.39 is 0 Å². The second-order valence-corrected chi connectivity index (χ2v) is 8.65. The number of hydrogen-bond donors (Lipinski definition) is 2. The maximum atomic E-state index is 5.03. The Morgan fingerprint density at radius 1 is 1.04 bits per heavy atom. The van der Waals surface area contributed by atoms with E-state index in [1.165, 1.54) is 58.3 Å². The summed E-state index contributed by atoms with van der Waals surface area (Å²) in [6.45, 7) is 15.4. The zero-order valence-electron chi connectivity index (χ0n) is 17.0. The lowest BCUT2D eigenvalue weighted by atomic mass is 9.84. The van der Waals surface area contributed by atoms with Gasteiger partial charge in [0.2, 0.25) is 0 Å². The predicted molar refractivity (Wildman–Crippen MR) is 119 cm³/mol. The molecular formula is C19H40IN5. The summed E-state index contributed by atoms with van der Waals surface area (Å²) in [4.78, 5) is 10.2. The molecular weight excluding hydrogens is 425 g/mol. The van der Waals surface area contributed by atoms with Crippen LogP contribution in [0.1, 0.15) is 59.8 Å². The summed E-state index contributed by atoms with van der Waals surface area (Å²) < 4.78 is 0. The third kappa shape index (κ3) is 7.21. The van der Waals surface area contributed by atoms with Crippen molar-refractivity contribution in [2.75, 3.05) is 46.3 Å². The van der Waals surface area contributed by atoms with Gasteiger partial charge in [-0.1, -0.05) is 6.42 Å². The zero-order valence-corrected chi connectivity index (χ0v) is 19.4. The molecule has 2 aliphatic rings. The predicted octanol–water partition coefficient (Wildman–Crippen LogP) is 2.91. The molecule has 0 aromatic heterocycles. The second-order valence-electron chi connectivity index (χ2n) is 8.65. The van der Waals surface area contributed by atoms with Gasteiger partial charge in [0, 0.05) is 17.6 Å². The van der Waals surface area contributed by atoms with Crippen LogP contribution in [0.4, 0.5) is 0 Å². The molecule has 0 aromatic rings. The summed E-state index contributed by atoms with van der Waals surface area (Å²) in [7, 11) is 2.24. The van der Waals surface area contributed by atoms with Gasteiger partial charge in [0.15, 0.2) is 5.96 Å². The standard InChI is InChI=1S/C19H39N5.HI/c1-6-20-17(22-18(2,3)4)21-16-19(10-14-23(5)15-11-19)24-12-8-7-9-13-24;/h6-16H2,1-5H3,(H2,20,21,22);1H. The molecule has 148 valence electrons.